The zero-order valence-corrected chi connectivity index (χ0v) is 6.48. The van der Waals surface area contributed by atoms with Gasteiger partial charge in [-0.2, -0.15) is 0 Å². The fraction of sp³-hybridized carbons (Fsp3) is 1.00. The van der Waals surface area contributed by atoms with Crippen LogP contribution in [0.25, 0.3) is 0 Å². The molecule has 0 saturated carbocycles. The minimum Gasteiger partial charge on any atom is -0.427 e. The molecule has 0 aromatic heterocycles. The number of nitrogens with one attached hydrogen (secondary N) is 1. The van der Waals surface area contributed by atoms with Crippen LogP contribution >= 0.6 is 0 Å². The lowest BCUT2D eigenvalue weighted by Crippen LogP contribution is -2.30. The maximum atomic E-state index is 4.72. The van der Waals surface area contributed by atoms with Crippen LogP contribution in [0.2, 0.25) is 0 Å². The Labute approximate surface area is 58.3 Å². The lowest BCUT2D eigenvalue weighted by atomic mass is 10.1. The first-order valence-electron chi connectivity index (χ1n) is 3.41. The molecule has 0 aliphatic heterocycles. The average Bonchev–Trinajstić information content (AvgIpc) is 1.85. The van der Waals surface area contributed by atoms with Crippen LogP contribution in [-0.4, -0.2) is 20.8 Å². The molecule has 0 amide bonds. The molecule has 2 nitrogen and oxygen atoms in total. The summed E-state index contributed by atoms with van der Waals surface area (Å²) in [6.07, 6.45) is 2.41. The molecule has 1 unspecified atom stereocenters. The Morgan fingerprint density at radius 1 is 1.67 bits per heavy atom. The summed E-state index contributed by atoms with van der Waals surface area (Å²) in [7, 11) is 3.27. The molecule has 0 aliphatic rings. The molecule has 9 heavy (non-hydrogen) atoms. The highest BCUT2D eigenvalue weighted by Gasteiger charge is 1.97. The first-order chi connectivity index (χ1) is 4.31. The van der Waals surface area contributed by atoms with E-state index in [9.17, 15) is 0 Å². The normalized spacial score (nSPS) is 13.2. The molecular weight excluding hydrogens is 113 g/mol. The van der Waals surface area contributed by atoms with E-state index in [-0.39, 0.29) is 0 Å². The van der Waals surface area contributed by atoms with Crippen molar-refractivity contribution in [2.75, 3.05) is 7.11 Å². The second-order valence-corrected chi connectivity index (χ2v) is 2.21. The second-order valence-electron chi connectivity index (χ2n) is 2.21. The Hall–Kier alpha value is -0.0151. The summed E-state index contributed by atoms with van der Waals surface area (Å²) in [6, 6.07) is 0.537. The van der Waals surface area contributed by atoms with Gasteiger partial charge in [-0.25, -0.2) is 0 Å². The molecule has 1 N–H and O–H groups in total. The van der Waals surface area contributed by atoms with Crippen molar-refractivity contribution in [1.82, 2.24) is 5.23 Å². The summed E-state index contributed by atoms with van der Waals surface area (Å²) in [5.41, 5.74) is 0. The molecule has 0 aliphatic carbocycles. The molecule has 0 rings (SSSR count). The fourth-order valence-electron chi connectivity index (χ4n) is 0.701. The summed E-state index contributed by atoms with van der Waals surface area (Å²) in [6.45, 7) is 4.31. The Balaban J connectivity index is 2.95. The van der Waals surface area contributed by atoms with Crippen molar-refractivity contribution in [2.45, 2.75) is 32.7 Å². The van der Waals surface area contributed by atoms with E-state index in [1.165, 1.54) is 12.8 Å². The standard InChI is InChI=1S/C6H15BNO/c1-4-5-6(2)8-7-9-3/h6,8H,4-5H2,1-3H3. The lowest BCUT2D eigenvalue weighted by molar-refractivity contribution is 0.419. The molecule has 1 atom stereocenters. The van der Waals surface area contributed by atoms with Gasteiger partial charge in [-0.1, -0.05) is 20.3 Å². The van der Waals surface area contributed by atoms with Crippen LogP contribution in [0.5, 0.6) is 0 Å². The van der Waals surface area contributed by atoms with Gasteiger partial charge in [-0.3, -0.25) is 0 Å². The molecule has 0 heterocycles. The van der Waals surface area contributed by atoms with Gasteiger partial charge in [-0.05, 0) is 12.5 Å². The van der Waals surface area contributed by atoms with Gasteiger partial charge < -0.3 is 9.88 Å². The number of hydrogen-bond donors (Lipinski definition) is 1. The zero-order chi connectivity index (χ0) is 7.11. The smallest absolute Gasteiger partial charge is 0.395 e. The second kappa shape index (κ2) is 6.11. The summed E-state index contributed by atoms with van der Waals surface area (Å²) in [4.78, 5) is 0. The summed E-state index contributed by atoms with van der Waals surface area (Å²) < 4.78 is 4.72. The molecule has 0 spiro atoms. The molecule has 1 radical (unpaired) electrons. The molecule has 0 aromatic carbocycles. The van der Waals surface area contributed by atoms with Gasteiger partial charge in [0.15, 0.2) is 0 Å². The highest BCUT2D eigenvalue weighted by atomic mass is 16.4. The van der Waals surface area contributed by atoms with Crippen LogP contribution in [0.15, 0.2) is 0 Å². The van der Waals surface area contributed by atoms with Crippen LogP contribution in [-0.2, 0) is 4.65 Å². The van der Waals surface area contributed by atoms with E-state index in [1.54, 1.807) is 14.7 Å². The van der Waals surface area contributed by atoms with E-state index in [2.05, 4.69) is 19.1 Å². The quantitative estimate of drug-likeness (QED) is 0.556. The van der Waals surface area contributed by atoms with Crippen molar-refractivity contribution in [3.05, 3.63) is 0 Å². The van der Waals surface area contributed by atoms with Gasteiger partial charge in [0, 0.05) is 7.11 Å². The molecule has 0 bridgehead atoms. The minimum absolute atomic E-state index is 0.537. The largest absolute Gasteiger partial charge is 0.427 e. The maximum Gasteiger partial charge on any atom is 0.395 e. The Morgan fingerprint density at radius 3 is 2.78 bits per heavy atom. The molecular formula is C6H15BNO. The Morgan fingerprint density at radius 2 is 2.33 bits per heavy atom. The first-order valence-corrected chi connectivity index (χ1v) is 3.41. The first kappa shape index (κ1) is 8.98. The van der Waals surface area contributed by atoms with Crippen molar-refractivity contribution in [3.8, 4) is 0 Å². The number of hydrogen-bond acceptors (Lipinski definition) is 2. The molecule has 0 fully saturated rings. The maximum absolute atomic E-state index is 4.72. The van der Waals surface area contributed by atoms with Crippen LogP contribution < -0.4 is 5.23 Å². The predicted octanol–water partition coefficient (Wildman–Crippen LogP) is 0.945. The molecule has 0 aromatic rings. The van der Waals surface area contributed by atoms with Crippen molar-refractivity contribution in [1.29, 1.82) is 0 Å². The Kier molecular flexibility index (Phi) is 6.10. The van der Waals surface area contributed by atoms with E-state index in [1.807, 2.05) is 0 Å². The van der Waals surface area contributed by atoms with Crippen molar-refractivity contribution >= 4 is 7.62 Å². The monoisotopic (exact) mass is 128 g/mol. The predicted molar refractivity (Wildman–Crippen MR) is 40.3 cm³/mol. The third-order valence-corrected chi connectivity index (χ3v) is 1.19. The van der Waals surface area contributed by atoms with Gasteiger partial charge in [0.25, 0.3) is 0 Å². The van der Waals surface area contributed by atoms with Gasteiger partial charge in [-0.15, -0.1) is 0 Å². The van der Waals surface area contributed by atoms with Crippen LogP contribution in [0.1, 0.15) is 26.7 Å². The Bertz CT molecular complexity index is 61.0. The van der Waals surface area contributed by atoms with Crippen LogP contribution in [0.3, 0.4) is 0 Å². The highest BCUT2D eigenvalue weighted by molar-refractivity contribution is 6.23. The zero-order valence-electron chi connectivity index (χ0n) is 6.48. The third kappa shape index (κ3) is 5.86. The SMILES string of the molecule is CCCC(C)N[B]OC. The topological polar surface area (TPSA) is 21.3 Å². The summed E-state index contributed by atoms with van der Waals surface area (Å²) in [5.74, 6) is 0. The minimum atomic E-state index is 0.537. The average molecular weight is 128 g/mol. The summed E-state index contributed by atoms with van der Waals surface area (Å²) in [5, 5.41) is 3.09. The van der Waals surface area contributed by atoms with Crippen molar-refractivity contribution < 1.29 is 4.65 Å². The highest BCUT2D eigenvalue weighted by Crippen LogP contribution is 1.92. The van der Waals surface area contributed by atoms with E-state index < -0.39 is 0 Å². The lowest BCUT2D eigenvalue weighted by Gasteiger charge is -2.09. The summed E-state index contributed by atoms with van der Waals surface area (Å²) >= 11 is 0. The molecule has 0 saturated heterocycles. The number of rotatable bonds is 5. The van der Waals surface area contributed by atoms with E-state index in [0.717, 1.165) is 0 Å². The van der Waals surface area contributed by atoms with E-state index >= 15 is 0 Å². The third-order valence-electron chi connectivity index (χ3n) is 1.19. The van der Waals surface area contributed by atoms with Crippen LogP contribution in [0, 0.1) is 0 Å². The van der Waals surface area contributed by atoms with Gasteiger partial charge in [0.05, 0.1) is 0 Å². The van der Waals surface area contributed by atoms with Gasteiger partial charge in [0.1, 0.15) is 0 Å². The van der Waals surface area contributed by atoms with Crippen molar-refractivity contribution in [2.24, 2.45) is 0 Å². The van der Waals surface area contributed by atoms with Gasteiger partial charge >= 0.3 is 7.62 Å². The van der Waals surface area contributed by atoms with Crippen LogP contribution in [0.4, 0.5) is 0 Å². The fourth-order valence-corrected chi connectivity index (χ4v) is 0.701. The van der Waals surface area contributed by atoms with E-state index in [4.69, 9.17) is 4.65 Å². The van der Waals surface area contributed by atoms with Gasteiger partial charge in [0.2, 0.25) is 0 Å². The van der Waals surface area contributed by atoms with Crippen molar-refractivity contribution in [3.63, 3.8) is 0 Å². The van der Waals surface area contributed by atoms with E-state index in [0.29, 0.717) is 6.04 Å². The molecule has 3 heteroatoms. The molecule has 53 valence electrons.